The lowest BCUT2D eigenvalue weighted by Gasteiger charge is -2.19. The van der Waals surface area contributed by atoms with Crippen molar-refractivity contribution in [1.82, 2.24) is 4.31 Å². The molecule has 0 rings (SSSR count). The van der Waals surface area contributed by atoms with E-state index in [2.05, 4.69) is 0 Å². The Morgan fingerprint density at radius 3 is 2.12 bits per heavy atom. The summed E-state index contributed by atoms with van der Waals surface area (Å²) in [6, 6.07) is 0. The minimum absolute atomic E-state index is 0.108. The first-order valence-corrected chi connectivity index (χ1v) is 7.52. The molecule has 0 aliphatic rings. The summed E-state index contributed by atoms with van der Waals surface area (Å²) in [6.45, 7) is 7.61. The van der Waals surface area contributed by atoms with Gasteiger partial charge in [0.25, 0.3) is 10.0 Å². The zero-order valence-electron chi connectivity index (χ0n) is 10.6. The van der Waals surface area contributed by atoms with Crippen LogP contribution in [0.2, 0.25) is 0 Å². The molecule has 3 N–H and O–H groups in total. The molecule has 0 saturated heterocycles. The molecular formula is C10H20N2O3S2. The van der Waals surface area contributed by atoms with Crippen LogP contribution in [0, 0.1) is 0 Å². The largest absolute Gasteiger partial charge is 0.514 e. The van der Waals surface area contributed by atoms with E-state index in [0.29, 0.717) is 30.0 Å². The molecule has 0 aliphatic heterocycles. The summed E-state index contributed by atoms with van der Waals surface area (Å²) in [7, 11) is -3.62. The van der Waals surface area contributed by atoms with Crippen LogP contribution in [0.25, 0.3) is 0 Å². The van der Waals surface area contributed by atoms with Crippen molar-refractivity contribution in [2.45, 2.75) is 27.7 Å². The number of aliphatic hydroxyl groups is 1. The monoisotopic (exact) mass is 280 g/mol. The first-order valence-electron chi connectivity index (χ1n) is 5.26. The Balaban J connectivity index is 5.24. The highest BCUT2D eigenvalue weighted by Gasteiger charge is 2.25. The van der Waals surface area contributed by atoms with Gasteiger partial charge in [-0.15, -0.1) is 0 Å². The normalized spacial score (nSPS) is 15.0. The van der Waals surface area contributed by atoms with E-state index in [9.17, 15) is 8.42 Å². The molecule has 7 heteroatoms. The Morgan fingerprint density at radius 1 is 1.35 bits per heavy atom. The van der Waals surface area contributed by atoms with Crippen LogP contribution in [-0.4, -0.2) is 30.9 Å². The third-order valence-corrected chi connectivity index (χ3v) is 5.84. The van der Waals surface area contributed by atoms with Crippen molar-refractivity contribution in [1.29, 1.82) is 0 Å². The van der Waals surface area contributed by atoms with Gasteiger partial charge in [0, 0.05) is 23.7 Å². The van der Waals surface area contributed by atoms with Crippen molar-refractivity contribution in [3.63, 3.8) is 0 Å². The lowest BCUT2D eigenvalue weighted by molar-refractivity contribution is 0.446. The average Bonchev–Trinajstić information content (AvgIpc) is 2.26. The molecule has 0 aromatic rings. The van der Waals surface area contributed by atoms with Gasteiger partial charge in [-0.3, -0.25) is 0 Å². The quantitative estimate of drug-likeness (QED) is 0.727. The highest BCUT2D eigenvalue weighted by atomic mass is 32.3. The van der Waals surface area contributed by atoms with Gasteiger partial charge in [-0.1, -0.05) is 25.6 Å². The molecule has 0 radical (unpaired) electrons. The number of nitrogens with two attached hydrogens (primary N) is 1. The minimum atomic E-state index is -3.62. The summed E-state index contributed by atoms with van der Waals surface area (Å²) >= 11 is 0.955. The lowest BCUT2D eigenvalue weighted by atomic mass is 10.5. The average molecular weight is 280 g/mol. The zero-order chi connectivity index (χ0) is 13.6. The van der Waals surface area contributed by atoms with Crippen LogP contribution in [0.5, 0.6) is 0 Å². The molecule has 17 heavy (non-hydrogen) atoms. The predicted octanol–water partition coefficient (Wildman–Crippen LogP) is 1.96. The number of aliphatic hydroxyl groups excluding tert-OH is 1. The molecule has 0 saturated carbocycles. The fourth-order valence-corrected chi connectivity index (χ4v) is 3.76. The third kappa shape index (κ3) is 4.25. The van der Waals surface area contributed by atoms with E-state index in [1.54, 1.807) is 27.7 Å². The summed E-state index contributed by atoms with van der Waals surface area (Å²) in [5.74, 6) is 0. The van der Waals surface area contributed by atoms with E-state index >= 15 is 0 Å². The van der Waals surface area contributed by atoms with Crippen LogP contribution in [0.3, 0.4) is 0 Å². The standard InChI is InChI=1S/C10H20N2O3S2/c1-5-12(6-2)17(14,15)10(7-13)16-9(4)8(3)11/h7,13H,5-6,11H2,1-4H3/b9-8+,10-7-. The van der Waals surface area contributed by atoms with Gasteiger partial charge in [0.2, 0.25) is 0 Å². The summed E-state index contributed by atoms with van der Waals surface area (Å²) in [6.07, 6.45) is 0.616. The van der Waals surface area contributed by atoms with E-state index in [4.69, 9.17) is 10.8 Å². The number of hydrogen-bond donors (Lipinski definition) is 2. The molecular weight excluding hydrogens is 260 g/mol. The van der Waals surface area contributed by atoms with Crippen LogP contribution in [0.1, 0.15) is 27.7 Å². The second kappa shape index (κ2) is 6.93. The summed E-state index contributed by atoms with van der Waals surface area (Å²) < 4.78 is 25.4. The maximum Gasteiger partial charge on any atom is 0.252 e. The second-order valence-corrected chi connectivity index (χ2v) is 6.80. The van der Waals surface area contributed by atoms with Gasteiger partial charge in [-0.25, -0.2) is 8.42 Å². The van der Waals surface area contributed by atoms with Gasteiger partial charge in [0.15, 0.2) is 4.24 Å². The van der Waals surface area contributed by atoms with Crippen molar-refractivity contribution < 1.29 is 13.5 Å². The van der Waals surface area contributed by atoms with Crippen molar-refractivity contribution >= 4 is 21.8 Å². The first kappa shape index (κ1) is 16.3. The van der Waals surface area contributed by atoms with Gasteiger partial charge < -0.3 is 10.8 Å². The third-order valence-electron chi connectivity index (χ3n) is 2.21. The number of rotatable bonds is 6. The Labute approximate surface area is 107 Å². The predicted molar refractivity (Wildman–Crippen MR) is 72.7 cm³/mol. The van der Waals surface area contributed by atoms with Gasteiger partial charge in [0.1, 0.15) is 6.26 Å². The van der Waals surface area contributed by atoms with Crippen LogP contribution in [0.15, 0.2) is 21.1 Å². The van der Waals surface area contributed by atoms with Crippen LogP contribution >= 0.6 is 11.8 Å². The highest BCUT2D eigenvalue weighted by Crippen LogP contribution is 2.31. The van der Waals surface area contributed by atoms with Crippen molar-refractivity contribution in [2.75, 3.05) is 13.1 Å². The first-order chi connectivity index (χ1) is 7.81. The Morgan fingerprint density at radius 2 is 1.82 bits per heavy atom. The smallest absolute Gasteiger partial charge is 0.252 e. The Hall–Kier alpha value is -0.660. The molecule has 5 nitrogen and oxygen atoms in total. The molecule has 0 aromatic carbocycles. The van der Waals surface area contributed by atoms with Crippen molar-refractivity contribution in [3.8, 4) is 0 Å². The van der Waals surface area contributed by atoms with E-state index in [1.165, 1.54) is 4.31 Å². The maximum atomic E-state index is 12.1. The van der Waals surface area contributed by atoms with E-state index in [1.807, 2.05) is 0 Å². The van der Waals surface area contributed by atoms with Gasteiger partial charge in [-0.2, -0.15) is 4.31 Å². The van der Waals surface area contributed by atoms with E-state index in [-0.39, 0.29) is 4.24 Å². The van der Waals surface area contributed by atoms with Crippen LogP contribution in [0.4, 0.5) is 0 Å². The SMILES string of the molecule is CCN(CC)S(=O)(=O)/C(=C\O)S/C(C)=C(\C)N. The van der Waals surface area contributed by atoms with Gasteiger partial charge in [-0.05, 0) is 13.8 Å². The topological polar surface area (TPSA) is 83.6 Å². The number of thioether (sulfide) groups is 1. The zero-order valence-corrected chi connectivity index (χ0v) is 12.2. The van der Waals surface area contributed by atoms with E-state index in [0.717, 1.165) is 11.8 Å². The van der Waals surface area contributed by atoms with Crippen LogP contribution in [-0.2, 0) is 10.0 Å². The molecule has 0 atom stereocenters. The summed E-state index contributed by atoms with van der Waals surface area (Å²) in [5.41, 5.74) is 6.10. The Kier molecular flexibility index (Phi) is 6.66. The molecule has 0 spiro atoms. The second-order valence-electron chi connectivity index (χ2n) is 3.38. The van der Waals surface area contributed by atoms with Crippen molar-refractivity contribution in [3.05, 3.63) is 21.1 Å². The van der Waals surface area contributed by atoms with Crippen LogP contribution < -0.4 is 5.73 Å². The summed E-state index contributed by atoms with van der Waals surface area (Å²) in [4.78, 5) is 0.654. The number of hydrogen-bond acceptors (Lipinski definition) is 5. The molecule has 0 amide bonds. The summed E-state index contributed by atoms with van der Waals surface area (Å²) in [5, 5.41) is 9.08. The molecule has 0 aliphatic carbocycles. The molecule has 0 aromatic heterocycles. The maximum absolute atomic E-state index is 12.1. The Bertz CT molecular complexity index is 405. The lowest BCUT2D eigenvalue weighted by Crippen LogP contribution is -2.31. The fourth-order valence-electron chi connectivity index (χ4n) is 1.07. The van der Waals surface area contributed by atoms with Crippen molar-refractivity contribution in [2.24, 2.45) is 5.73 Å². The molecule has 100 valence electrons. The number of sulfonamides is 1. The number of nitrogens with zero attached hydrogens (tertiary/aromatic N) is 1. The minimum Gasteiger partial charge on any atom is -0.514 e. The highest BCUT2D eigenvalue weighted by molar-refractivity contribution is 8.20. The van der Waals surface area contributed by atoms with Gasteiger partial charge in [0.05, 0.1) is 0 Å². The fraction of sp³-hybridized carbons (Fsp3) is 0.600. The number of allylic oxidation sites excluding steroid dienone is 2. The van der Waals surface area contributed by atoms with E-state index < -0.39 is 10.0 Å². The molecule has 0 heterocycles. The molecule has 0 bridgehead atoms. The molecule has 0 unspecified atom stereocenters. The molecule has 0 fully saturated rings. The van der Waals surface area contributed by atoms with Gasteiger partial charge >= 0.3 is 0 Å².